The van der Waals surface area contributed by atoms with Gasteiger partial charge in [0.15, 0.2) is 0 Å². The standard InChI is InChI=1S/C19H20N4O2/c1-23(13-4-2-3-5-13)14-6-8-15(9-7-14)25-19-21-17-12-20-11-10-16(17)18(24)22-19/h6-13H,2-5H2,1H3,(H,21,22,24). The van der Waals surface area contributed by atoms with E-state index in [4.69, 9.17) is 4.74 Å². The fraction of sp³-hybridized carbons (Fsp3) is 0.316. The molecule has 6 nitrogen and oxygen atoms in total. The van der Waals surface area contributed by atoms with Crippen LogP contribution in [0.2, 0.25) is 0 Å². The lowest BCUT2D eigenvalue weighted by molar-refractivity contribution is 0.442. The molecular weight excluding hydrogens is 316 g/mol. The molecule has 0 unspecified atom stereocenters. The molecule has 3 aromatic rings. The third kappa shape index (κ3) is 3.20. The largest absolute Gasteiger partial charge is 0.426 e. The molecule has 25 heavy (non-hydrogen) atoms. The van der Waals surface area contributed by atoms with Gasteiger partial charge in [0, 0.05) is 25.0 Å². The van der Waals surface area contributed by atoms with E-state index in [0.717, 1.165) is 0 Å². The highest BCUT2D eigenvalue weighted by atomic mass is 16.5. The maximum absolute atomic E-state index is 12.1. The average Bonchev–Trinajstić information content (AvgIpc) is 3.16. The lowest BCUT2D eigenvalue weighted by atomic mass is 10.2. The SMILES string of the molecule is CN(c1ccc(Oc2nc3cnccc3c(=O)[nH]2)cc1)C1CCCC1. The number of pyridine rings is 1. The summed E-state index contributed by atoms with van der Waals surface area (Å²) in [5.74, 6) is 0.634. The number of aromatic amines is 1. The third-order valence-electron chi connectivity index (χ3n) is 4.82. The predicted molar refractivity (Wildman–Crippen MR) is 97.3 cm³/mol. The Hall–Kier alpha value is -2.89. The maximum Gasteiger partial charge on any atom is 0.302 e. The number of anilines is 1. The summed E-state index contributed by atoms with van der Waals surface area (Å²) in [6.07, 6.45) is 8.25. The Balaban J connectivity index is 1.54. The van der Waals surface area contributed by atoms with Gasteiger partial charge < -0.3 is 9.64 Å². The van der Waals surface area contributed by atoms with E-state index >= 15 is 0 Å². The van der Waals surface area contributed by atoms with Crippen molar-refractivity contribution in [2.45, 2.75) is 31.7 Å². The van der Waals surface area contributed by atoms with E-state index in [2.05, 4.69) is 26.9 Å². The molecule has 0 amide bonds. The van der Waals surface area contributed by atoms with Crippen molar-refractivity contribution in [3.05, 3.63) is 53.1 Å². The quantitative estimate of drug-likeness (QED) is 0.790. The Morgan fingerprint density at radius 2 is 1.92 bits per heavy atom. The number of nitrogens with zero attached hydrogens (tertiary/aromatic N) is 3. The van der Waals surface area contributed by atoms with Crippen molar-refractivity contribution in [2.24, 2.45) is 0 Å². The second-order valence-electron chi connectivity index (χ2n) is 6.41. The summed E-state index contributed by atoms with van der Waals surface area (Å²) in [6, 6.07) is 10.3. The van der Waals surface area contributed by atoms with Crippen molar-refractivity contribution in [1.82, 2.24) is 15.0 Å². The van der Waals surface area contributed by atoms with E-state index in [1.54, 1.807) is 18.5 Å². The minimum atomic E-state index is -0.236. The summed E-state index contributed by atoms with van der Waals surface area (Å²) < 4.78 is 5.71. The van der Waals surface area contributed by atoms with Crippen molar-refractivity contribution in [3.8, 4) is 11.8 Å². The summed E-state index contributed by atoms with van der Waals surface area (Å²) in [5, 5.41) is 0.496. The zero-order chi connectivity index (χ0) is 17.2. The molecule has 128 valence electrons. The van der Waals surface area contributed by atoms with E-state index in [9.17, 15) is 4.79 Å². The van der Waals surface area contributed by atoms with Crippen molar-refractivity contribution in [2.75, 3.05) is 11.9 Å². The molecular formula is C19H20N4O2. The number of rotatable bonds is 4. The first-order valence-electron chi connectivity index (χ1n) is 8.55. The molecule has 0 spiro atoms. The summed E-state index contributed by atoms with van der Waals surface area (Å²) in [6.45, 7) is 0. The molecule has 0 atom stereocenters. The van der Waals surface area contributed by atoms with Crippen molar-refractivity contribution < 1.29 is 4.74 Å². The Morgan fingerprint density at radius 3 is 2.68 bits per heavy atom. The monoisotopic (exact) mass is 336 g/mol. The molecule has 1 aliphatic rings. The van der Waals surface area contributed by atoms with Crippen LogP contribution < -0.4 is 15.2 Å². The molecule has 1 fully saturated rings. The number of hydrogen-bond acceptors (Lipinski definition) is 5. The maximum atomic E-state index is 12.1. The molecule has 1 aromatic carbocycles. The van der Waals surface area contributed by atoms with Gasteiger partial charge in [-0.1, -0.05) is 12.8 Å². The van der Waals surface area contributed by atoms with Crippen molar-refractivity contribution in [3.63, 3.8) is 0 Å². The third-order valence-corrected chi connectivity index (χ3v) is 4.82. The number of benzene rings is 1. The van der Waals surface area contributed by atoms with E-state index in [0.29, 0.717) is 22.7 Å². The highest BCUT2D eigenvalue weighted by molar-refractivity contribution is 5.76. The summed E-state index contributed by atoms with van der Waals surface area (Å²) in [7, 11) is 2.14. The lowest BCUT2D eigenvalue weighted by Crippen LogP contribution is -2.28. The lowest BCUT2D eigenvalue weighted by Gasteiger charge is -2.26. The number of nitrogens with one attached hydrogen (secondary N) is 1. The van der Waals surface area contributed by atoms with Gasteiger partial charge in [0.2, 0.25) is 0 Å². The van der Waals surface area contributed by atoms with Crippen molar-refractivity contribution >= 4 is 16.6 Å². The van der Waals surface area contributed by atoms with Gasteiger partial charge in [-0.2, -0.15) is 4.98 Å². The van der Waals surface area contributed by atoms with Crippen LogP contribution in [0.4, 0.5) is 5.69 Å². The molecule has 0 bridgehead atoms. The Labute approximate surface area is 145 Å². The second kappa shape index (κ2) is 6.55. The number of ether oxygens (including phenoxy) is 1. The highest BCUT2D eigenvalue weighted by Crippen LogP contribution is 2.28. The van der Waals surface area contributed by atoms with Gasteiger partial charge in [0.25, 0.3) is 5.56 Å². The van der Waals surface area contributed by atoms with Gasteiger partial charge in [-0.15, -0.1) is 0 Å². The van der Waals surface area contributed by atoms with Crippen LogP contribution in [0, 0.1) is 0 Å². The van der Waals surface area contributed by atoms with Crippen LogP contribution in [0.1, 0.15) is 25.7 Å². The van der Waals surface area contributed by atoms with Crippen LogP contribution >= 0.6 is 0 Å². The summed E-state index contributed by atoms with van der Waals surface area (Å²) in [5.41, 5.74) is 1.45. The molecule has 1 aliphatic carbocycles. The Bertz CT molecular complexity index is 930. The Morgan fingerprint density at radius 1 is 1.16 bits per heavy atom. The highest BCUT2D eigenvalue weighted by Gasteiger charge is 2.19. The van der Waals surface area contributed by atoms with Crippen LogP contribution in [0.3, 0.4) is 0 Å². The molecule has 0 radical (unpaired) electrons. The first-order valence-corrected chi connectivity index (χ1v) is 8.55. The van der Waals surface area contributed by atoms with Gasteiger partial charge in [-0.3, -0.25) is 14.8 Å². The molecule has 0 saturated heterocycles. The normalized spacial score (nSPS) is 14.8. The number of fused-ring (bicyclic) bond motifs is 1. The van der Waals surface area contributed by atoms with E-state index in [-0.39, 0.29) is 11.6 Å². The van der Waals surface area contributed by atoms with E-state index < -0.39 is 0 Å². The van der Waals surface area contributed by atoms with Crippen LogP contribution in [0.5, 0.6) is 11.8 Å². The minimum absolute atomic E-state index is 0.169. The molecule has 2 heterocycles. The average molecular weight is 336 g/mol. The zero-order valence-corrected chi connectivity index (χ0v) is 14.1. The van der Waals surface area contributed by atoms with Gasteiger partial charge >= 0.3 is 6.01 Å². The molecule has 6 heteroatoms. The topological polar surface area (TPSA) is 71.1 Å². The number of aromatic nitrogens is 3. The van der Waals surface area contributed by atoms with E-state index in [1.165, 1.54) is 31.4 Å². The van der Waals surface area contributed by atoms with Gasteiger partial charge in [-0.05, 0) is 43.2 Å². The van der Waals surface area contributed by atoms with Crippen LogP contribution in [0.15, 0.2) is 47.5 Å². The minimum Gasteiger partial charge on any atom is -0.426 e. The first kappa shape index (κ1) is 15.6. The molecule has 1 saturated carbocycles. The molecule has 0 aliphatic heterocycles. The molecule has 1 N–H and O–H groups in total. The van der Waals surface area contributed by atoms with E-state index in [1.807, 2.05) is 24.3 Å². The van der Waals surface area contributed by atoms with Gasteiger partial charge in [0.05, 0.1) is 17.1 Å². The fourth-order valence-electron chi connectivity index (χ4n) is 3.38. The van der Waals surface area contributed by atoms with Crippen LogP contribution in [-0.4, -0.2) is 28.0 Å². The fourth-order valence-corrected chi connectivity index (χ4v) is 3.38. The van der Waals surface area contributed by atoms with Crippen LogP contribution in [0.25, 0.3) is 10.9 Å². The smallest absolute Gasteiger partial charge is 0.302 e. The second-order valence-corrected chi connectivity index (χ2v) is 6.41. The molecule has 4 rings (SSSR count). The van der Waals surface area contributed by atoms with Gasteiger partial charge in [-0.25, -0.2) is 0 Å². The molecule has 2 aromatic heterocycles. The number of H-pyrrole nitrogens is 1. The number of hydrogen-bond donors (Lipinski definition) is 1. The van der Waals surface area contributed by atoms with Gasteiger partial charge in [0.1, 0.15) is 5.75 Å². The first-order chi connectivity index (χ1) is 12.2. The van der Waals surface area contributed by atoms with Crippen molar-refractivity contribution in [1.29, 1.82) is 0 Å². The Kier molecular flexibility index (Phi) is 4.09. The predicted octanol–water partition coefficient (Wildman–Crippen LogP) is 3.49. The zero-order valence-electron chi connectivity index (χ0n) is 14.1. The summed E-state index contributed by atoms with van der Waals surface area (Å²) >= 11 is 0. The summed E-state index contributed by atoms with van der Waals surface area (Å²) in [4.78, 5) is 25.4. The van der Waals surface area contributed by atoms with Crippen LogP contribution in [-0.2, 0) is 0 Å².